The van der Waals surface area contributed by atoms with Crippen LogP contribution in [0.3, 0.4) is 0 Å². The first-order valence-corrected chi connectivity index (χ1v) is 23.2. The monoisotopic (exact) mass is 1040 g/mol. The topological polar surface area (TPSA) is 191 Å². The fourth-order valence-corrected chi connectivity index (χ4v) is 7.67. The van der Waals surface area contributed by atoms with E-state index in [2.05, 4.69) is 58.6 Å². The number of amides is 4. The minimum Gasteiger partial charge on any atom is -1.00 e. The largest absolute Gasteiger partial charge is 1.00 e. The van der Waals surface area contributed by atoms with Gasteiger partial charge in [-0.2, -0.15) is 0 Å². The molecule has 3 aromatic rings. The summed E-state index contributed by atoms with van der Waals surface area (Å²) in [5.74, 6) is 0.530. The molecule has 0 aliphatic rings. The molecule has 0 spiro atoms. The van der Waals surface area contributed by atoms with Crippen molar-refractivity contribution in [1.82, 2.24) is 35.8 Å². The Kier molecular flexibility index (Phi) is 35.6. The van der Waals surface area contributed by atoms with Crippen LogP contribution in [0.1, 0.15) is 140 Å². The van der Waals surface area contributed by atoms with E-state index in [1.807, 2.05) is 33.1 Å². The summed E-state index contributed by atoms with van der Waals surface area (Å²) in [6.07, 6.45) is 9.80. The van der Waals surface area contributed by atoms with Crippen LogP contribution in [0.25, 0.3) is 0 Å². The second kappa shape index (κ2) is 35.1. The minimum absolute atomic E-state index is 0. The molecule has 3 heterocycles. The maximum atomic E-state index is 13.3. The summed E-state index contributed by atoms with van der Waals surface area (Å²) >= 11 is 4.52. The zero-order valence-electron chi connectivity index (χ0n) is 37.9. The van der Waals surface area contributed by atoms with Crippen molar-refractivity contribution in [2.24, 2.45) is 17.6 Å². The number of nitrogens with zero attached hydrogens (tertiary/aromatic N) is 4. The van der Waals surface area contributed by atoms with Gasteiger partial charge < -0.3 is 44.5 Å². The van der Waals surface area contributed by atoms with Gasteiger partial charge in [-0.25, -0.2) is 19.4 Å². The van der Waals surface area contributed by atoms with E-state index in [4.69, 9.17) is 15.2 Å². The molecule has 0 saturated heterocycles. The average molecular weight is 1040 g/mol. The molecule has 5 atom stereocenters. The number of alkyl carbamates (subject to hydrolysis) is 2. The number of hydrogen-bond acceptors (Lipinski definition) is 13. The molecule has 4 amide bonds. The Morgan fingerprint density at radius 1 is 0.770 bits per heavy atom. The van der Waals surface area contributed by atoms with Crippen LogP contribution in [0.5, 0.6) is 0 Å². The van der Waals surface area contributed by atoms with Crippen LogP contribution in [0, 0.1) is 11.8 Å². The first-order chi connectivity index (χ1) is 27.7. The number of nitrogens with two attached hydrogens (primary N) is 1. The van der Waals surface area contributed by atoms with E-state index in [-0.39, 0.29) is 145 Å². The molecular formula is C41H69BIKN8O6S3. The molecule has 338 valence electrons. The third kappa shape index (κ3) is 25.7. The van der Waals surface area contributed by atoms with Gasteiger partial charge in [0.15, 0.2) is 5.78 Å². The number of carbonyl (C=O) groups is 4. The molecule has 20 heteroatoms. The van der Waals surface area contributed by atoms with Crippen molar-refractivity contribution in [3.8, 4) is 0 Å². The van der Waals surface area contributed by atoms with Gasteiger partial charge in [0.2, 0.25) is 0 Å². The number of thiazole rings is 3. The van der Waals surface area contributed by atoms with E-state index in [0.717, 1.165) is 71.8 Å². The summed E-state index contributed by atoms with van der Waals surface area (Å²) < 4.78 is 10.4. The molecular weight excluding hydrogens is 974 g/mol. The van der Waals surface area contributed by atoms with Crippen molar-refractivity contribution in [1.29, 1.82) is 0 Å². The second-order valence-electron chi connectivity index (χ2n) is 15.2. The number of ether oxygens (including phenoxy) is 2. The summed E-state index contributed by atoms with van der Waals surface area (Å²) in [7, 11) is 1.72. The number of Topliss-reactive ketones (excluding diaryl/α,β-unsaturated/α-hetero) is 1. The van der Waals surface area contributed by atoms with E-state index in [9.17, 15) is 19.2 Å². The quantitative estimate of drug-likeness (QED) is 0.0588. The van der Waals surface area contributed by atoms with Gasteiger partial charge in [-0.3, -0.25) is 14.8 Å². The van der Waals surface area contributed by atoms with Gasteiger partial charge in [-0.05, 0) is 56.8 Å². The fourth-order valence-electron chi connectivity index (χ4n) is 5.83. The maximum Gasteiger partial charge on any atom is 1.00 e. The van der Waals surface area contributed by atoms with Crippen molar-refractivity contribution in [3.63, 3.8) is 0 Å². The van der Waals surface area contributed by atoms with Gasteiger partial charge in [0.05, 0.1) is 44.1 Å². The molecule has 14 nitrogen and oxygen atoms in total. The van der Waals surface area contributed by atoms with Crippen molar-refractivity contribution in [2.45, 2.75) is 163 Å². The van der Waals surface area contributed by atoms with Crippen LogP contribution in [0.2, 0.25) is 0 Å². The number of carbonyl (C=O) groups excluding carboxylic acids is 4. The summed E-state index contributed by atoms with van der Waals surface area (Å²) in [5, 5.41) is 11.8. The van der Waals surface area contributed by atoms with Crippen LogP contribution < -0.4 is 73.1 Å². The van der Waals surface area contributed by atoms with E-state index < -0.39 is 12.1 Å². The van der Waals surface area contributed by atoms with Gasteiger partial charge in [-0.15, -0.1) is 58.0 Å². The predicted molar refractivity (Wildman–Crippen MR) is 255 cm³/mol. The van der Waals surface area contributed by atoms with E-state index in [1.54, 1.807) is 46.7 Å². The molecule has 5 N–H and O–H groups in total. The first-order valence-electron chi connectivity index (χ1n) is 20.5. The van der Waals surface area contributed by atoms with Gasteiger partial charge in [0.25, 0.3) is 0 Å². The fraction of sp³-hybridized carbons (Fsp3) is 0.683. The molecule has 0 aliphatic heterocycles. The number of halogens is 1. The Hall–Kier alpha value is -1.24. The van der Waals surface area contributed by atoms with Crippen LogP contribution >= 0.6 is 58.0 Å². The summed E-state index contributed by atoms with van der Waals surface area (Å²) in [4.78, 5) is 66.0. The van der Waals surface area contributed by atoms with Crippen molar-refractivity contribution < 1.29 is 80.0 Å². The van der Waals surface area contributed by atoms with Crippen LogP contribution in [-0.4, -0.2) is 83.5 Å². The Labute approximate surface area is 438 Å². The number of rotatable bonds is 24. The third-order valence-electron chi connectivity index (χ3n) is 9.79. The molecule has 0 saturated carbocycles. The van der Waals surface area contributed by atoms with E-state index >= 15 is 0 Å². The molecule has 0 unspecified atom stereocenters. The molecule has 0 aliphatic carbocycles. The number of urea groups is 1. The van der Waals surface area contributed by atoms with Crippen molar-refractivity contribution >= 4 is 90.4 Å². The molecule has 4 radical (unpaired) electrons. The Morgan fingerprint density at radius 3 is 1.70 bits per heavy atom. The molecule has 0 fully saturated rings. The zero-order valence-corrected chi connectivity index (χ0v) is 45.8. The third-order valence-corrected chi connectivity index (χ3v) is 12.5. The smallest absolute Gasteiger partial charge is 1.00 e. The van der Waals surface area contributed by atoms with Crippen LogP contribution in [0.4, 0.5) is 14.4 Å². The number of aromatic nitrogens is 3. The first kappa shape index (κ1) is 61.8. The zero-order chi connectivity index (χ0) is 43.0. The van der Waals surface area contributed by atoms with Crippen LogP contribution in [0.15, 0.2) is 28.8 Å². The average Bonchev–Trinajstić information content (AvgIpc) is 4.02. The Balaban J connectivity index is 0. The number of hydrogen-bond donors (Lipinski definition) is 4. The maximum absolute atomic E-state index is 13.3. The molecule has 61 heavy (non-hydrogen) atoms. The predicted octanol–water partition coefficient (Wildman–Crippen LogP) is 6.27. The van der Waals surface area contributed by atoms with Gasteiger partial charge >= 0.3 is 69.6 Å². The van der Waals surface area contributed by atoms with E-state index in [0.29, 0.717) is 18.9 Å². The summed E-state index contributed by atoms with van der Waals surface area (Å²) in [5.41, 5.74) is 10.2. The van der Waals surface area contributed by atoms with Gasteiger partial charge in [0, 0.05) is 55.3 Å². The van der Waals surface area contributed by atoms with Crippen molar-refractivity contribution in [2.75, 3.05) is 7.05 Å². The summed E-state index contributed by atoms with van der Waals surface area (Å²) in [6, 6.07) is -0.520. The summed E-state index contributed by atoms with van der Waals surface area (Å²) in [6.45, 7) is 17.2. The van der Waals surface area contributed by atoms with Gasteiger partial charge in [0.1, 0.15) is 13.2 Å². The van der Waals surface area contributed by atoms with Crippen LogP contribution in [-0.2, 0) is 34.0 Å². The number of nitrogens with one attached hydrogen (secondary N) is 3. The van der Waals surface area contributed by atoms with Gasteiger partial charge in [-0.1, -0.05) is 61.8 Å². The Bertz CT molecular complexity index is 1610. The molecule has 0 bridgehead atoms. The molecule has 3 rings (SSSR count). The standard InChI is InChI=1S/C28H45N5O4S2.C13H23N3O2S.B.HI.K/c1-8-20(10-11-21(9-2)31-28(36)37-15-23-13-29-17-39-23)12-24(34)25(18(3)4)32-27(35)33(7)14-22-16-38-26(30-22)19(5)6;1-3-10(14)5-6-11(4-2)16-13(17)18-8-12-7-15-9-19-12;;;/h13,16-21,25H,8-12,14-15H2,1-7H3,(H,31,36)(H,32,35);7,9-11H,3-6,8,14H2,1-2H3,(H,16,17);;1H;/q;;-1;;+1/t20-,21-,25-;10-,11-;;;/m00.../s1. The Morgan fingerprint density at radius 2 is 1.30 bits per heavy atom. The second-order valence-corrected chi connectivity index (χ2v) is 18.0. The SMILES string of the molecule is CC[C@@H](CC[C@H](CC)NC(=O)OCc1cncs1)CC(=O)[C@@H](NC(=O)N(C)Cc1csc(C(C)C)n1)C(C)C.CC[C@H](N)CC[C@H](CC)NC(=O)OCc1cncs1.I.[B-].[K+]. The molecule has 3 aromatic heterocycles. The molecule has 0 aromatic carbocycles. The van der Waals surface area contributed by atoms with E-state index in [1.165, 1.54) is 22.7 Å². The minimum atomic E-state index is -0.558. The number of ketones is 1. The van der Waals surface area contributed by atoms with Crippen molar-refractivity contribution in [3.05, 3.63) is 49.3 Å². The normalized spacial score (nSPS) is 13.0.